The van der Waals surface area contributed by atoms with Gasteiger partial charge in [0.2, 0.25) is 0 Å². The van der Waals surface area contributed by atoms with Crippen LogP contribution in [0.5, 0.6) is 5.75 Å². The second-order valence-corrected chi connectivity index (χ2v) is 9.85. The van der Waals surface area contributed by atoms with E-state index in [2.05, 4.69) is 10.3 Å². The van der Waals surface area contributed by atoms with Crippen LogP contribution in [-0.4, -0.2) is 62.6 Å². The molecule has 1 saturated heterocycles. The van der Waals surface area contributed by atoms with Gasteiger partial charge in [0.1, 0.15) is 12.4 Å². The van der Waals surface area contributed by atoms with Crippen LogP contribution in [-0.2, 0) is 16.0 Å². The smallest absolute Gasteiger partial charge is 0.416 e. The fourth-order valence-electron chi connectivity index (χ4n) is 2.83. The monoisotopic (exact) mass is 549 g/mol. The van der Waals surface area contributed by atoms with Crippen molar-refractivity contribution >= 4 is 39.8 Å². The van der Waals surface area contributed by atoms with Crippen molar-refractivity contribution in [2.24, 2.45) is 4.99 Å². The van der Waals surface area contributed by atoms with E-state index in [9.17, 15) is 21.6 Å². The number of halogens is 4. The Labute approximate surface area is 186 Å². The third-order valence-electron chi connectivity index (χ3n) is 4.46. The van der Waals surface area contributed by atoms with Crippen LogP contribution >= 0.6 is 24.0 Å². The van der Waals surface area contributed by atoms with E-state index in [0.717, 1.165) is 12.1 Å². The SMILES string of the molecule is CCNC(=NCCOc1cccc(C(F)(F)F)c1)N1CCS(=O)(=O)C(C)(C)C1.I. The molecule has 0 saturated carbocycles. The van der Waals surface area contributed by atoms with Gasteiger partial charge in [-0.25, -0.2) is 13.4 Å². The largest absolute Gasteiger partial charge is 0.492 e. The first-order valence-electron chi connectivity index (χ1n) is 9.02. The van der Waals surface area contributed by atoms with E-state index < -0.39 is 26.3 Å². The van der Waals surface area contributed by atoms with Crippen molar-refractivity contribution in [3.63, 3.8) is 0 Å². The molecule has 0 amide bonds. The second-order valence-electron chi connectivity index (χ2n) is 7.11. The first-order chi connectivity index (χ1) is 13.0. The first kappa shape index (κ1) is 25.8. The van der Waals surface area contributed by atoms with E-state index in [1.807, 2.05) is 11.8 Å². The summed E-state index contributed by atoms with van der Waals surface area (Å²) >= 11 is 0. The molecular weight excluding hydrogens is 522 g/mol. The van der Waals surface area contributed by atoms with Crippen molar-refractivity contribution in [1.29, 1.82) is 0 Å². The van der Waals surface area contributed by atoms with Crippen LogP contribution in [0.15, 0.2) is 29.3 Å². The molecule has 0 bridgehead atoms. The molecule has 11 heteroatoms. The lowest BCUT2D eigenvalue weighted by Crippen LogP contribution is -2.57. The van der Waals surface area contributed by atoms with E-state index in [0.29, 0.717) is 25.6 Å². The van der Waals surface area contributed by atoms with Gasteiger partial charge in [-0.2, -0.15) is 13.2 Å². The standard InChI is InChI=1S/C18H26F3N3O3S.HI/c1-4-22-16(24-9-11-28(25,26)17(2,3)13-24)23-8-10-27-15-7-5-6-14(12-15)18(19,20)21;/h5-7,12H,4,8-11,13H2,1-3H3,(H,22,23);1H. The van der Waals surface area contributed by atoms with Crippen molar-refractivity contribution in [1.82, 2.24) is 10.2 Å². The highest BCUT2D eigenvalue weighted by Crippen LogP contribution is 2.31. The molecule has 1 aromatic carbocycles. The van der Waals surface area contributed by atoms with Crippen molar-refractivity contribution in [2.45, 2.75) is 31.7 Å². The van der Waals surface area contributed by atoms with Gasteiger partial charge in [-0.15, -0.1) is 24.0 Å². The minimum Gasteiger partial charge on any atom is -0.492 e. The molecule has 1 aliphatic rings. The number of guanidine groups is 1. The Hall–Kier alpha value is -1.24. The molecule has 0 unspecified atom stereocenters. The summed E-state index contributed by atoms with van der Waals surface area (Å²) in [4.78, 5) is 6.31. The lowest BCUT2D eigenvalue weighted by Gasteiger charge is -2.39. The minimum atomic E-state index is -4.42. The van der Waals surface area contributed by atoms with Gasteiger partial charge in [-0.3, -0.25) is 0 Å². The average molecular weight is 549 g/mol. The molecule has 166 valence electrons. The third-order valence-corrected chi connectivity index (χ3v) is 6.99. The van der Waals surface area contributed by atoms with Crippen molar-refractivity contribution in [2.75, 3.05) is 38.5 Å². The van der Waals surface area contributed by atoms with Crippen LogP contribution in [0.4, 0.5) is 13.2 Å². The van der Waals surface area contributed by atoms with Crippen molar-refractivity contribution < 1.29 is 26.3 Å². The summed E-state index contributed by atoms with van der Waals surface area (Å²) in [5.74, 6) is 0.740. The zero-order chi connectivity index (χ0) is 21.0. The molecule has 1 fully saturated rings. The summed E-state index contributed by atoms with van der Waals surface area (Å²) in [6.45, 7) is 6.87. The molecule has 0 spiro atoms. The van der Waals surface area contributed by atoms with Gasteiger partial charge in [-0.1, -0.05) is 6.07 Å². The molecule has 1 heterocycles. The zero-order valence-corrected chi connectivity index (χ0v) is 19.8. The van der Waals surface area contributed by atoms with Crippen LogP contribution in [0.2, 0.25) is 0 Å². The van der Waals surface area contributed by atoms with Crippen LogP contribution in [0.1, 0.15) is 26.3 Å². The van der Waals surface area contributed by atoms with Gasteiger partial charge in [0, 0.05) is 19.6 Å². The first-order valence-corrected chi connectivity index (χ1v) is 10.7. The van der Waals surface area contributed by atoms with Crippen LogP contribution in [0, 0.1) is 0 Å². The van der Waals surface area contributed by atoms with Gasteiger partial charge >= 0.3 is 6.18 Å². The lowest BCUT2D eigenvalue weighted by molar-refractivity contribution is -0.137. The number of aliphatic imine (C=N–C) groups is 1. The molecule has 0 aromatic heterocycles. The van der Waals surface area contributed by atoms with E-state index in [-0.39, 0.29) is 48.6 Å². The number of ether oxygens (including phenoxy) is 1. The Morgan fingerprint density at radius 3 is 2.62 bits per heavy atom. The average Bonchev–Trinajstić information content (AvgIpc) is 2.60. The molecular formula is C18H27F3IN3O3S. The molecule has 1 aliphatic heterocycles. The van der Waals surface area contributed by atoms with Gasteiger partial charge in [-0.05, 0) is 39.0 Å². The quantitative estimate of drug-likeness (QED) is 0.265. The van der Waals surface area contributed by atoms with E-state index >= 15 is 0 Å². The number of hydrogen-bond donors (Lipinski definition) is 1. The van der Waals surface area contributed by atoms with E-state index in [4.69, 9.17) is 4.74 Å². The van der Waals surface area contributed by atoms with Gasteiger partial charge in [0.15, 0.2) is 15.8 Å². The predicted octanol–water partition coefficient (Wildman–Crippen LogP) is 3.18. The van der Waals surface area contributed by atoms with Gasteiger partial charge in [0.25, 0.3) is 0 Å². The maximum Gasteiger partial charge on any atom is 0.416 e. The number of sulfone groups is 1. The highest BCUT2D eigenvalue weighted by Gasteiger charge is 2.41. The normalized spacial score (nSPS) is 18.7. The summed E-state index contributed by atoms with van der Waals surface area (Å²) in [5, 5.41) is 3.12. The highest BCUT2D eigenvalue weighted by atomic mass is 127. The number of rotatable bonds is 5. The summed E-state index contributed by atoms with van der Waals surface area (Å²) in [6.07, 6.45) is -4.42. The Kier molecular flexibility index (Phi) is 9.06. The van der Waals surface area contributed by atoms with Crippen LogP contribution < -0.4 is 10.1 Å². The molecule has 6 nitrogen and oxygen atoms in total. The lowest BCUT2D eigenvalue weighted by atomic mass is 10.2. The fourth-order valence-corrected chi connectivity index (χ4v) is 4.19. The van der Waals surface area contributed by atoms with Crippen LogP contribution in [0.3, 0.4) is 0 Å². The maximum atomic E-state index is 12.7. The van der Waals surface area contributed by atoms with Gasteiger partial charge in [0.05, 0.1) is 22.6 Å². The van der Waals surface area contributed by atoms with E-state index in [1.54, 1.807) is 13.8 Å². The van der Waals surface area contributed by atoms with Crippen LogP contribution in [0.25, 0.3) is 0 Å². The summed E-state index contributed by atoms with van der Waals surface area (Å²) < 4.78 is 67.0. The highest BCUT2D eigenvalue weighted by molar-refractivity contribution is 14.0. The number of nitrogens with one attached hydrogen (secondary N) is 1. The van der Waals surface area contributed by atoms with Crippen molar-refractivity contribution in [3.05, 3.63) is 29.8 Å². The van der Waals surface area contributed by atoms with Crippen molar-refractivity contribution in [3.8, 4) is 5.75 Å². The zero-order valence-electron chi connectivity index (χ0n) is 16.6. The molecule has 0 atom stereocenters. The number of hydrogen-bond acceptors (Lipinski definition) is 4. The molecule has 29 heavy (non-hydrogen) atoms. The number of benzene rings is 1. The Bertz CT molecular complexity index is 814. The Morgan fingerprint density at radius 1 is 1.34 bits per heavy atom. The Morgan fingerprint density at radius 2 is 2.03 bits per heavy atom. The molecule has 0 radical (unpaired) electrons. The van der Waals surface area contributed by atoms with E-state index in [1.165, 1.54) is 12.1 Å². The molecule has 1 N–H and O–H groups in total. The Balaban J connectivity index is 0.00000420. The second kappa shape index (κ2) is 10.2. The predicted molar refractivity (Wildman–Crippen MR) is 118 cm³/mol. The molecule has 2 rings (SSSR count). The van der Waals surface area contributed by atoms with Gasteiger partial charge < -0.3 is 15.0 Å². The summed E-state index contributed by atoms with van der Waals surface area (Å²) in [7, 11) is -3.16. The minimum absolute atomic E-state index is 0. The molecule has 0 aliphatic carbocycles. The summed E-state index contributed by atoms with van der Waals surface area (Å²) in [6, 6.07) is 4.69. The third kappa shape index (κ3) is 6.90. The fraction of sp³-hybridized carbons (Fsp3) is 0.611. The number of alkyl halides is 3. The maximum absolute atomic E-state index is 12.7. The molecule has 1 aromatic rings. The number of nitrogens with zero attached hydrogens (tertiary/aromatic N) is 2. The topological polar surface area (TPSA) is 71.0 Å². The summed E-state index contributed by atoms with van der Waals surface area (Å²) in [5.41, 5.74) is -0.765.